The second-order valence-electron chi connectivity index (χ2n) is 5.55. The van der Waals surface area contributed by atoms with Crippen LogP contribution >= 0.6 is 22.7 Å². The normalized spacial score (nSPS) is 10.7. The van der Waals surface area contributed by atoms with Gasteiger partial charge < -0.3 is 9.15 Å². The average Bonchev–Trinajstić information content (AvgIpc) is 3.47. The van der Waals surface area contributed by atoms with Crippen molar-refractivity contribution < 1.29 is 18.7 Å². The number of esters is 1. The van der Waals surface area contributed by atoms with E-state index in [1.165, 1.54) is 28.9 Å². The van der Waals surface area contributed by atoms with Crippen LogP contribution in [0.25, 0.3) is 10.8 Å². The van der Waals surface area contributed by atoms with E-state index in [0.717, 1.165) is 4.88 Å². The first-order valence-corrected chi connectivity index (χ1v) is 9.81. The SMILES string of the molecule is O=C(OCc1coc(-c2cccs2)n1)c1ccccc1C(=O)c1cccs1. The van der Waals surface area contributed by atoms with Crippen LogP contribution in [-0.4, -0.2) is 16.7 Å². The Hall–Kier alpha value is -3.03. The van der Waals surface area contributed by atoms with E-state index in [4.69, 9.17) is 9.15 Å². The molecular weight excluding hydrogens is 382 g/mol. The van der Waals surface area contributed by atoms with Gasteiger partial charge in [0.1, 0.15) is 18.6 Å². The van der Waals surface area contributed by atoms with Crippen LogP contribution in [0.3, 0.4) is 0 Å². The molecule has 3 heterocycles. The van der Waals surface area contributed by atoms with Gasteiger partial charge in [0, 0.05) is 5.56 Å². The molecule has 0 aliphatic carbocycles. The number of aromatic nitrogens is 1. The third-order valence-corrected chi connectivity index (χ3v) is 5.50. The van der Waals surface area contributed by atoms with Gasteiger partial charge in [-0.3, -0.25) is 4.79 Å². The first-order chi connectivity index (χ1) is 13.2. The van der Waals surface area contributed by atoms with E-state index in [0.29, 0.717) is 22.0 Å². The van der Waals surface area contributed by atoms with E-state index < -0.39 is 5.97 Å². The van der Waals surface area contributed by atoms with Crippen LogP contribution in [0.4, 0.5) is 0 Å². The molecule has 0 aliphatic heterocycles. The van der Waals surface area contributed by atoms with E-state index in [9.17, 15) is 9.59 Å². The van der Waals surface area contributed by atoms with Gasteiger partial charge in [0.15, 0.2) is 0 Å². The van der Waals surface area contributed by atoms with Gasteiger partial charge in [-0.25, -0.2) is 9.78 Å². The summed E-state index contributed by atoms with van der Waals surface area (Å²) in [6.45, 7) is -0.0325. The summed E-state index contributed by atoms with van der Waals surface area (Å²) in [5.41, 5.74) is 1.07. The molecule has 1 aromatic carbocycles. The number of benzene rings is 1. The maximum Gasteiger partial charge on any atom is 0.339 e. The molecule has 0 radical (unpaired) electrons. The number of hydrogen-bond acceptors (Lipinski definition) is 7. The number of oxazole rings is 1. The van der Waals surface area contributed by atoms with Crippen LogP contribution < -0.4 is 0 Å². The summed E-state index contributed by atoms with van der Waals surface area (Å²) in [5.74, 6) is -0.278. The van der Waals surface area contributed by atoms with E-state index in [1.54, 1.807) is 36.4 Å². The molecule has 4 rings (SSSR count). The summed E-state index contributed by atoms with van der Waals surface area (Å²) in [5, 5.41) is 3.75. The van der Waals surface area contributed by atoms with Gasteiger partial charge in [0.2, 0.25) is 11.7 Å². The van der Waals surface area contributed by atoms with Crippen molar-refractivity contribution in [3.63, 3.8) is 0 Å². The third kappa shape index (κ3) is 3.74. The van der Waals surface area contributed by atoms with E-state index in [2.05, 4.69) is 4.98 Å². The maximum atomic E-state index is 12.6. The van der Waals surface area contributed by atoms with Crippen LogP contribution in [0.1, 0.15) is 31.3 Å². The minimum Gasteiger partial charge on any atom is -0.455 e. The Balaban J connectivity index is 1.48. The van der Waals surface area contributed by atoms with E-state index in [1.807, 2.05) is 22.9 Å². The molecule has 0 bridgehead atoms. The van der Waals surface area contributed by atoms with Crippen molar-refractivity contribution in [2.75, 3.05) is 0 Å². The molecule has 0 atom stereocenters. The van der Waals surface area contributed by atoms with Crippen molar-refractivity contribution in [3.05, 3.63) is 87.3 Å². The van der Waals surface area contributed by atoms with Gasteiger partial charge in [-0.05, 0) is 29.0 Å². The van der Waals surface area contributed by atoms with Crippen LogP contribution in [0.5, 0.6) is 0 Å². The van der Waals surface area contributed by atoms with Crippen molar-refractivity contribution >= 4 is 34.4 Å². The van der Waals surface area contributed by atoms with Gasteiger partial charge in [0.05, 0.1) is 15.3 Å². The lowest BCUT2D eigenvalue weighted by Crippen LogP contribution is -2.12. The fourth-order valence-electron chi connectivity index (χ4n) is 2.50. The molecule has 0 N–H and O–H groups in total. The quantitative estimate of drug-likeness (QED) is 0.337. The highest BCUT2D eigenvalue weighted by Gasteiger charge is 2.20. The summed E-state index contributed by atoms with van der Waals surface area (Å²) >= 11 is 2.85. The molecule has 0 unspecified atom stereocenters. The smallest absolute Gasteiger partial charge is 0.339 e. The highest BCUT2D eigenvalue weighted by molar-refractivity contribution is 7.13. The predicted octanol–water partition coefficient (Wildman–Crippen LogP) is 5.05. The van der Waals surface area contributed by atoms with Crippen molar-refractivity contribution in [1.29, 1.82) is 0 Å². The van der Waals surface area contributed by atoms with Gasteiger partial charge in [-0.1, -0.05) is 30.3 Å². The zero-order valence-electron chi connectivity index (χ0n) is 14.0. The second kappa shape index (κ2) is 7.69. The van der Waals surface area contributed by atoms with E-state index >= 15 is 0 Å². The maximum absolute atomic E-state index is 12.6. The van der Waals surface area contributed by atoms with Crippen LogP contribution in [-0.2, 0) is 11.3 Å². The van der Waals surface area contributed by atoms with Crippen LogP contribution in [0.15, 0.2) is 70.0 Å². The van der Waals surface area contributed by atoms with Crippen LogP contribution in [0, 0.1) is 0 Å². The van der Waals surface area contributed by atoms with Gasteiger partial charge in [-0.15, -0.1) is 22.7 Å². The summed E-state index contributed by atoms with van der Waals surface area (Å²) < 4.78 is 10.8. The average molecular weight is 395 g/mol. The summed E-state index contributed by atoms with van der Waals surface area (Å²) in [6.07, 6.45) is 1.46. The third-order valence-electron chi connectivity index (χ3n) is 3.77. The lowest BCUT2D eigenvalue weighted by Gasteiger charge is -2.07. The largest absolute Gasteiger partial charge is 0.455 e. The van der Waals surface area contributed by atoms with Crippen molar-refractivity contribution in [2.24, 2.45) is 0 Å². The Morgan fingerprint density at radius 2 is 1.74 bits per heavy atom. The molecule has 0 fully saturated rings. The first kappa shape index (κ1) is 17.4. The number of carbonyl (C=O) groups is 2. The molecule has 0 saturated carbocycles. The molecule has 27 heavy (non-hydrogen) atoms. The molecular formula is C20H13NO4S2. The molecule has 0 saturated heterocycles. The number of carbonyl (C=O) groups excluding carboxylic acids is 2. The molecule has 7 heteroatoms. The summed E-state index contributed by atoms with van der Waals surface area (Å²) in [7, 11) is 0. The fourth-order valence-corrected chi connectivity index (χ4v) is 3.84. The summed E-state index contributed by atoms with van der Waals surface area (Å²) in [4.78, 5) is 30.9. The highest BCUT2D eigenvalue weighted by atomic mass is 32.1. The Morgan fingerprint density at radius 3 is 2.48 bits per heavy atom. The molecule has 5 nitrogen and oxygen atoms in total. The lowest BCUT2D eigenvalue weighted by molar-refractivity contribution is 0.0465. The minimum atomic E-state index is -0.573. The second-order valence-corrected chi connectivity index (χ2v) is 7.44. The van der Waals surface area contributed by atoms with Crippen molar-refractivity contribution in [2.45, 2.75) is 6.61 Å². The Bertz CT molecular complexity index is 1070. The molecule has 3 aromatic heterocycles. The molecule has 0 spiro atoms. The first-order valence-electron chi connectivity index (χ1n) is 8.05. The van der Waals surface area contributed by atoms with Crippen LogP contribution in [0.2, 0.25) is 0 Å². The number of nitrogens with zero attached hydrogens (tertiary/aromatic N) is 1. The number of ketones is 1. The zero-order chi connectivity index (χ0) is 18.6. The highest BCUT2D eigenvalue weighted by Crippen LogP contribution is 2.24. The Morgan fingerprint density at radius 1 is 0.963 bits per heavy atom. The molecule has 0 aliphatic rings. The van der Waals surface area contributed by atoms with Crippen molar-refractivity contribution in [3.8, 4) is 10.8 Å². The number of ether oxygens (including phenoxy) is 1. The van der Waals surface area contributed by atoms with Crippen molar-refractivity contribution in [1.82, 2.24) is 4.98 Å². The number of thiophene rings is 2. The molecule has 134 valence electrons. The van der Waals surface area contributed by atoms with Gasteiger partial charge >= 0.3 is 5.97 Å². The standard InChI is InChI=1S/C20H13NO4S2/c22-18(16-7-3-9-26-16)14-5-1-2-6-15(14)20(23)25-12-13-11-24-19(21-13)17-8-4-10-27-17/h1-11H,12H2. The van der Waals surface area contributed by atoms with E-state index in [-0.39, 0.29) is 18.0 Å². The Kier molecular flexibility index (Phi) is 4.95. The Labute approximate surface area is 162 Å². The summed E-state index contributed by atoms with van der Waals surface area (Å²) in [6, 6.07) is 14.0. The topological polar surface area (TPSA) is 69.4 Å². The van der Waals surface area contributed by atoms with Gasteiger partial charge in [0.25, 0.3) is 0 Å². The number of hydrogen-bond donors (Lipinski definition) is 0. The zero-order valence-corrected chi connectivity index (χ0v) is 15.6. The molecule has 0 amide bonds. The predicted molar refractivity (Wildman–Crippen MR) is 103 cm³/mol. The fraction of sp³-hybridized carbons (Fsp3) is 0.0500. The molecule has 4 aromatic rings. The minimum absolute atomic E-state index is 0.0325. The lowest BCUT2D eigenvalue weighted by atomic mass is 10.0. The number of rotatable bonds is 6. The van der Waals surface area contributed by atoms with Gasteiger partial charge in [-0.2, -0.15) is 0 Å². The monoisotopic (exact) mass is 395 g/mol.